The predicted molar refractivity (Wildman–Crippen MR) is 81.0 cm³/mol. The molecule has 0 saturated carbocycles. The van der Waals surface area contributed by atoms with Gasteiger partial charge in [0.1, 0.15) is 18.7 Å². The topological polar surface area (TPSA) is 60.2 Å². The number of aromatic nitrogens is 3. The molecule has 0 aliphatic rings. The van der Waals surface area contributed by atoms with E-state index in [9.17, 15) is 5.11 Å². The van der Waals surface area contributed by atoms with Crippen LogP contribution in [0.4, 0.5) is 0 Å². The molecule has 5 nitrogen and oxygen atoms in total. The Morgan fingerprint density at radius 1 is 1.29 bits per heavy atom. The molecule has 114 valence electrons. The second-order valence-corrected chi connectivity index (χ2v) is 5.76. The lowest BCUT2D eigenvalue weighted by atomic mass is 10.1. The highest BCUT2D eigenvalue weighted by atomic mass is 16.5. The molecular weight excluding hydrogens is 266 g/mol. The summed E-state index contributed by atoms with van der Waals surface area (Å²) in [5, 5.41) is 14.0. The minimum atomic E-state index is -0.561. The van der Waals surface area contributed by atoms with Crippen molar-refractivity contribution in [3.63, 3.8) is 0 Å². The zero-order valence-electron chi connectivity index (χ0n) is 13.1. The van der Waals surface area contributed by atoms with E-state index in [-0.39, 0.29) is 0 Å². The molecule has 5 heteroatoms. The van der Waals surface area contributed by atoms with Crippen molar-refractivity contribution in [2.45, 2.75) is 47.0 Å². The molecule has 2 rings (SSSR count). The van der Waals surface area contributed by atoms with Gasteiger partial charge in [0, 0.05) is 12.1 Å². The second-order valence-electron chi connectivity index (χ2n) is 5.76. The number of aliphatic hydroxyl groups excluding tert-OH is 1. The number of rotatable bonds is 6. The molecule has 1 N–H and O–H groups in total. The van der Waals surface area contributed by atoms with Crippen molar-refractivity contribution in [1.82, 2.24) is 14.8 Å². The first-order chi connectivity index (χ1) is 9.97. The van der Waals surface area contributed by atoms with Gasteiger partial charge in [-0.3, -0.25) is 0 Å². The van der Waals surface area contributed by atoms with Crippen LogP contribution in [0.5, 0.6) is 5.75 Å². The number of ether oxygens (including phenoxy) is 1. The zero-order valence-corrected chi connectivity index (χ0v) is 13.1. The van der Waals surface area contributed by atoms with Crippen LogP contribution in [0.25, 0.3) is 0 Å². The van der Waals surface area contributed by atoms with Crippen LogP contribution in [0.3, 0.4) is 0 Å². The van der Waals surface area contributed by atoms with Gasteiger partial charge in [-0.2, -0.15) is 5.10 Å². The number of hydrogen-bond donors (Lipinski definition) is 1. The zero-order chi connectivity index (χ0) is 15.4. The maximum Gasteiger partial charge on any atom is 0.164 e. The molecular formula is C16H23N3O2. The molecule has 1 aromatic carbocycles. The number of benzene rings is 1. The summed E-state index contributed by atoms with van der Waals surface area (Å²) >= 11 is 0. The molecule has 0 radical (unpaired) electrons. The Bertz CT molecular complexity index is 591. The van der Waals surface area contributed by atoms with Gasteiger partial charge in [0.2, 0.25) is 0 Å². The van der Waals surface area contributed by atoms with Crippen molar-refractivity contribution in [1.29, 1.82) is 0 Å². The lowest BCUT2D eigenvalue weighted by molar-refractivity contribution is 0.189. The van der Waals surface area contributed by atoms with E-state index in [0.29, 0.717) is 18.3 Å². The van der Waals surface area contributed by atoms with Gasteiger partial charge in [-0.05, 0) is 31.4 Å². The first kappa shape index (κ1) is 15.5. The third kappa shape index (κ3) is 4.04. The van der Waals surface area contributed by atoms with E-state index in [1.807, 2.05) is 29.8 Å². The summed E-state index contributed by atoms with van der Waals surface area (Å²) in [6.45, 7) is 9.17. The average Bonchev–Trinajstić information content (AvgIpc) is 2.82. The smallest absolute Gasteiger partial charge is 0.164 e. The van der Waals surface area contributed by atoms with Crippen LogP contribution in [0.2, 0.25) is 0 Å². The van der Waals surface area contributed by atoms with Crippen LogP contribution in [0, 0.1) is 12.8 Å². The van der Waals surface area contributed by atoms with Crippen LogP contribution in [0.1, 0.15) is 43.8 Å². The van der Waals surface area contributed by atoms with Crippen LogP contribution < -0.4 is 4.74 Å². The quantitative estimate of drug-likeness (QED) is 0.888. The fourth-order valence-corrected chi connectivity index (χ4v) is 2.15. The Morgan fingerprint density at radius 3 is 2.71 bits per heavy atom. The van der Waals surface area contributed by atoms with Gasteiger partial charge >= 0.3 is 0 Å². The molecule has 1 heterocycles. The highest BCUT2D eigenvalue weighted by Crippen LogP contribution is 2.26. The molecule has 0 amide bonds. The third-order valence-electron chi connectivity index (χ3n) is 3.21. The summed E-state index contributed by atoms with van der Waals surface area (Å²) in [6, 6.07) is 5.80. The van der Waals surface area contributed by atoms with Crippen molar-refractivity contribution in [3.8, 4) is 5.75 Å². The number of aryl methyl sites for hydroxylation is 1. The van der Waals surface area contributed by atoms with Gasteiger partial charge < -0.3 is 9.84 Å². The molecule has 0 aliphatic heterocycles. The minimum absolute atomic E-state index is 0.343. The Hall–Kier alpha value is -1.88. The minimum Gasteiger partial charge on any atom is -0.485 e. The van der Waals surface area contributed by atoms with E-state index in [2.05, 4.69) is 23.9 Å². The largest absolute Gasteiger partial charge is 0.485 e. The number of nitrogens with zero attached hydrogens (tertiary/aromatic N) is 3. The monoisotopic (exact) mass is 289 g/mol. The maximum absolute atomic E-state index is 9.81. The van der Waals surface area contributed by atoms with E-state index >= 15 is 0 Å². The summed E-state index contributed by atoms with van der Waals surface area (Å²) in [4.78, 5) is 4.25. The molecule has 2 aromatic rings. The van der Waals surface area contributed by atoms with Crippen molar-refractivity contribution in [3.05, 3.63) is 41.5 Å². The van der Waals surface area contributed by atoms with Crippen LogP contribution in [0.15, 0.2) is 24.5 Å². The van der Waals surface area contributed by atoms with Gasteiger partial charge in [0.15, 0.2) is 5.82 Å². The van der Waals surface area contributed by atoms with Crippen molar-refractivity contribution in [2.75, 3.05) is 0 Å². The molecule has 0 spiro atoms. The summed E-state index contributed by atoms with van der Waals surface area (Å²) in [5.41, 5.74) is 1.88. The normalized spacial score (nSPS) is 12.7. The van der Waals surface area contributed by atoms with E-state index in [4.69, 9.17) is 4.74 Å². The third-order valence-corrected chi connectivity index (χ3v) is 3.21. The first-order valence-corrected chi connectivity index (χ1v) is 7.25. The summed E-state index contributed by atoms with van der Waals surface area (Å²) < 4.78 is 7.73. The van der Waals surface area contributed by atoms with Gasteiger partial charge in [0.25, 0.3) is 0 Å². The highest BCUT2D eigenvalue weighted by molar-refractivity contribution is 5.38. The predicted octanol–water partition coefficient (Wildman–Crippen LogP) is 2.87. The van der Waals surface area contributed by atoms with E-state index in [1.165, 1.54) is 0 Å². The summed E-state index contributed by atoms with van der Waals surface area (Å²) in [7, 11) is 0. The lowest BCUT2D eigenvalue weighted by Gasteiger charge is -2.15. The molecule has 1 aromatic heterocycles. The van der Waals surface area contributed by atoms with Crippen molar-refractivity contribution < 1.29 is 9.84 Å². The fourth-order valence-electron chi connectivity index (χ4n) is 2.15. The average molecular weight is 289 g/mol. The van der Waals surface area contributed by atoms with E-state index in [0.717, 1.165) is 23.5 Å². The van der Waals surface area contributed by atoms with Gasteiger partial charge in [-0.15, -0.1) is 0 Å². The van der Waals surface area contributed by atoms with E-state index in [1.54, 1.807) is 13.3 Å². The standard InChI is InChI=1S/C16H23N3O2/c1-11(2)8-19-16(17-10-18-19)9-21-15-7-12(3)5-6-14(15)13(4)20/h5-7,10-11,13,20H,8-9H2,1-4H3/t13-/m0/s1. The second kappa shape index (κ2) is 6.72. The summed E-state index contributed by atoms with van der Waals surface area (Å²) in [5.74, 6) is 1.99. The van der Waals surface area contributed by atoms with Gasteiger partial charge in [0.05, 0.1) is 6.10 Å². The van der Waals surface area contributed by atoms with E-state index < -0.39 is 6.10 Å². The lowest BCUT2D eigenvalue weighted by Crippen LogP contribution is -2.13. The molecule has 0 bridgehead atoms. The Morgan fingerprint density at radius 2 is 2.05 bits per heavy atom. The van der Waals surface area contributed by atoms with Gasteiger partial charge in [-0.1, -0.05) is 26.0 Å². The molecule has 0 fully saturated rings. The summed E-state index contributed by atoms with van der Waals surface area (Å²) in [6.07, 6.45) is 0.988. The highest BCUT2D eigenvalue weighted by Gasteiger charge is 2.12. The molecule has 0 unspecified atom stereocenters. The van der Waals surface area contributed by atoms with Crippen LogP contribution in [-0.2, 0) is 13.2 Å². The molecule has 21 heavy (non-hydrogen) atoms. The van der Waals surface area contributed by atoms with Crippen molar-refractivity contribution >= 4 is 0 Å². The van der Waals surface area contributed by atoms with Crippen LogP contribution >= 0.6 is 0 Å². The van der Waals surface area contributed by atoms with Gasteiger partial charge in [-0.25, -0.2) is 9.67 Å². The van der Waals surface area contributed by atoms with Crippen molar-refractivity contribution in [2.24, 2.45) is 5.92 Å². The number of hydrogen-bond acceptors (Lipinski definition) is 4. The fraction of sp³-hybridized carbons (Fsp3) is 0.500. The Kier molecular flexibility index (Phi) is 4.96. The molecule has 0 aliphatic carbocycles. The number of aliphatic hydroxyl groups is 1. The molecule has 0 saturated heterocycles. The first-order valence-electron chi connectivity index (χ1n) is 7.25. The Labute approximate surface area is 125 Å². The maximum atomic E-state index is 9.81. The Balaban J connectivity index is 2.13. The molecule has 1 atom stereocenters. The SMILES string of the molecule is Cc1ccc([C@H](C)O)c(OCc2ncnn2CC(C)C)c1. The van der Waals surface area contributed by atoms with Crippen LogP contribution in [-0.4, -0.2) is 19.9 Å².